The third-order valence-electron chi connectivity index (χ3n) is 2.45. The van der Waals surface area contributed by atoms with Crippen molar-refractivity contribution in [2.75, 3.05) is 23.7 Å². The van der Waals surface area contributed by atoms with E-state index in [0.29, 0.717) is 22.3 Å². The number of hydrogen-bond donors (Lipinski definition) is 1. The highest BCUT2D eigenvalue weighted by molar-refractivity contribution is 6.39. The van der Waals surface area contributed by atoms with Gasteiger partial charge in [0.15, 0.2) is 0 Å². The monoisotopic (exact) mass is 271 g/mol. The van der Waals surface area contributed by atoms with Crippen LogP contribution in [0.2, 0.25) is 10.0 Å². The van der Waals surface area contributed by atoms with Crippen LogP contribution in [-0.4, -0.2) is 13.1 Å². The maximum atomic E-state index is 8.85. The molecule has 0 aliphatic heterocycles. The van der Waals surface area contributed by atoms with Crippen molar-refractivity contribution >= 4 is 34.6 Å². The molecular weight excluding hydrogens is 257 g/mol. The molecule has 0 radical (unpaired) electrons. The number of nitrogens with two attached hydrogens (primary N) is 1. The summed E-state index contributed by atoms with van der Waals surface area (Å²) in [6.07, 6.45) is 0. The van der Waals surface area contributed by atoms with E-state index in [1.165, 1.54) is 0 Å². The summed E-state index contributed by atoms with van der Waals surface area (Å²) in [5.74, 6) is -0.0837. The Morgan fingerprint density at radius 1 is 1.41 bits per heavy atom. The van der Waals surface area contributed by atoms with Crippen molar-refractivity contribution in [1.82, 2.24) is 0 Å². The van der Waals surface area contributed by atoms with E-state index in [-0.39, 0.29) is 5.92 Å². The number of nitriles is 1. The Hall–Kier alpha value is -1.11. The molecule has 1 aromatic rings. The second kappa shape index (κ2) is 6.00. The lowest BCUT2D eigenvalue weighted by Crippen LogP contribution is -2.28. The number of anilines is 2. The minimum Gasteiger partial charge on any atom is -0.399 e. The van der Waals surface area contributed by atoms with E-state index in [2.05, 4.69) is 6.07 Å². The fraction of sp³-hybridized carbons (Fsp3) is 0.417. The van der Waals surface area contributed by atoms with Gasteiger partial charge < -0.3 is 10.6 Å². The van der Waals surface area contributed by atoms with Gasteiger partial charge in [-0.1, -0.05) is 23.2 Å². The summed E-state index contributed by atoms with van der Waals surface area (Å²) in [5, 5.41) is 9.88. The molecule has 0 aliphatic rings. The van der Waals surface area contributed by atoms with Gasteiger partial charge in [0.1, 0.15) is 0 Å². The molecule has 0 spiro atoms. The summed E-state index contributed by atoms with van der Waals surface area (Å²) in [6.45, 7) is 5.18. The second-order valence-electron chi connectivity index (χ2n) is 3.90. The summed E-state index contributed by atoms with van der Waals surface area (Å²) >= 11 is 12.3. The predicted octanol–water partition coefficient (Wildman–Crippen LogP) is 3.56. The van der Waals surface area contributed by atoms with E-state index >= 15 is 0 Å². The summed E-state index contributed by atoms with van der Waals surface area (Å²) in [6, 6.07) is 5.54. The summed E-state index contributed by atoms with van der Waals surface area (Å²) in [4.78, 5) is 1.98. The van der Waals surface area contributed by atoms with Crippen LogP contribution in [0.25, 0.3) is 0 Å². The normalized spacial score (nSPS) is 11.9. The van der Waals surface area contributed by atoms with Gasteiger partial charge >= 0.3 is 0 Å². The molecular formula is C12H15Cl2N3. The van der Waals surface area contributed by atoms with Crippen LogP contribution in [0.5, 0.6) is 0 Å². The fourth-order valence-corrected chi connectivity index (χ4v) is 2.38. The average molecular weight is 272 g/mol. The number of nitrogens with zero attached hydrogens (tertiary/aromatic N) is 2. The smallest absolute Gasteiger partial charge is 0.0746 e. The van der Waals surface area contributed by atoms with E-state index < -0.39 is 0 Å². The summed E-state index contributed by atoms with van der Waals surface area (Å²) in [7, 11) is 0. The maximum Gasteiger partial charge on any atom is 0.0746 e. The van der Waals surface area contributed by atoms with Crippen LogP contribution in [0, 0.1) is 17.2 Å². The van der Waals surface area contributed by atoms with Crippen LogP contribution in [-0.2, 0) is 0 Å². The van der Waals surface area contributed by atoms with Crippen molar-refractivity contribution in [1.29, 1.82) is 5.26 Å². The molecule has 0 bridgehead atoms. The van der Waals surface area contributed by atoms with Crippen molar-refractivity contribution in [3.8, 4) is 6.07 Å². The fourth-order valence-electron chi connectivity index (χ4n) is 1.64. The van der Waals surface area contributed by atoms with Gasteiger partial charge in [0.2, 0.25) is 0 Å². The molecule has 0 heterocycles. The summed E-state index contributed by atoms with van der Waals surface area (Å²) < 4.78 is 0. The Morgan fingerprint density at radius 3 is 2.35 bits per heavy atom. The van der Waals surface area contributed by atoms with Gasteiger partial charge in [-0.2, -0.15) is 5.26 Å². The predicted molar refractivity (Wildman–Crippen MR) is 73.5 cm³/mol. The maximum absolute atomic E-state index is 8.85. The highest BCUT2D eigenvalue weighted by Gasteiger charge is 2.16. The van der Waals surface area contributed by atoms with Crippen LogP contribution >= 0.6 is 23.2 Å². The highest BCUT2D eigenvalue weighted by Crippen LogP contribution is 2.36. The minimum atomic E-state index is -0.0837. The molecule has 0 aliphatic carbocycles. The van der Waals surface area contributed by atoms with Crippen molar-refractivity contribution in [2.24, 2.45) is 5.92 Å². The number of benzene rings is 1. The zero-order valence-corrected chi connectivity index (χ0v) is 11.4. The van der Waals surface area contributed by atoms with Gasteiger partial charge in [0, 0.05) is 18.8 Å². The zero-order valence-electron chi connectivity index (χ0n) is 9.87. The van der Waals surface area contributed by atoms with Crippen LogP contribution in [0.4, 0.5) is 11.4 Å². The first kappa shape index (κ1) is 14.0. The number of nitrogen functional groups attached to an aromatic ring is 1. The lowest BCUT2D eigenvalue weighted by molar-refractivity contribution is 0.686. The summed E-state index contributed by atoms with van der Waals surface area (Å²) in [5.41, 5.74) is 6.94. The first-order valence-corrected chi connectivity index (χ1v) is 6.14. The van der Waals surface area contributed by atoms with Gasteiger partial charge in [-0.05, 0) is 26.0 Å². The quantitative estimate of drug-likeness (QED) is 0.852. The lowest BCUT2D eigenvalue weighted by atomic mass is 10.1. The van der Waals surface area contributed by atoms with Crippen molar-refractivity contribution < 1.29 is 0 Å². The number of hydrogen-bond acceptors (Lipinski definition) is 3. The molecule has 1 atom stereocenters. The Morgan fingerprint density at radius 2 is 1.94 bits per heavy atom. The highest BCUT2D eigenvalue weighted by atomic mass is 35.5. The number of rotatable bonds is 4. The molecule has 0 saturated carbocycles. The topological polar surface area (TPSA) is 53.0 Å². The van der Waals surface area contributed by atoms with E-state index in [4.69, 9.17) is 34.2 Å². The van der Waals surface area contributed by atoms with E-state index in [1.54, 1.807) is 12.1 Å². The van der Waals surface area contributed by atoms with Crippen LogP contribution in [0.1, 0.15) is 13.8 Å². The lowest BCUT2D eigenvalue weighted by Gasteiger charge is -2.26. The van der Waals surface area contributed by atoms with Crippen molar-refractivity contribution in [2.45, 2.75) is 13.8 Å². The Balaban J connectivity index is 3.08. The van der Waals surface area contributed by atoms with Gasteiger partial charge in [0.25, 0.3) is 0 Å². The first-order valence-electron chi connectivity index (χ1n) is 5.38. The standard InChI is InChI=1S/C12H15Cl2N3/c1-3-17(7-8(2)6-15)12-10(13)4-9(16)5-11(12)14/h4-5,8H,3,7,16H2,1-2H3. The van der Waals surface area contributed by atoms with E-state index in [1.807, 2.05) is 18.7 Å². The molecule has 1 unspecified atom stereocenters. The zero-order chi connectivity index (χ0) is 13.0. The second-order valence-corrected chi connectivity index (χ2v) is 4.72. The minimum absolute atomic E-state index is 0.0837. The van der Waals surface area contributed by atoms with Gasteiger partial charge in [-0.3, -0.25) is 0 Å². The molecule has 3 nitrogen and oxygen atoms in total. The molecule has 92 valence electrons. The van der Waals surface area contributed by atoms with Crippen LogP contribution in [0.3, 0.4) is 0 Å². The SMILES string of the molecule is CCN(CC(C)C#N)c1c(Cl)cc(N)cc1Cl. The molecule has 1 rings (SSSR count). The van der Waals surface area contributed by atoms with Gasteiger partial charge in [-0.15, -0.1) is 0 Å². The molecule has 0 amide bonds. The van der Waals surface area contributed by atoms with E-state index in [9.17, 15) is 0 Å². The molecule has 2 N–H and O–H groups in total. The molecule has 1 aromatic carbocycles. The Labute approximate surface area is 112 Å². The van der Waals surface area contributed by atoms with Crippen molar-refractivity contribution in [3.05, 3.63) is 22.2 Å². The van der Waals surface area contributed by atoms with Crippen LogP contribution in [0.15, 0.2) is 12.1 Å². The van der Waals surface area contributed by atoms with Crippen molar-refractivity contribution in [3.63, 3.8) is 0 Å². The third kappa shape index (κ3) is 3.42. The molecule has 17 heavy (non-hydrogen) atoms. The molecule has 5 heteroatoms. The third-order valence-corrected chi connectivity index (χ3v) is 3.03. The Bertz CT molecular complexity index is 417. The first-order chi connectivity index (χ1) is 7.99. The largest absolute Gasteiger partial charge is 0.399 e. The molecule has 0 fully saturated rings. The van der Waals surface area contributed by atoms with Gasteiger partial charge in [0.05, 0.1) is 27.7 Å². The van der Waals surface area contributed by atoms with Gasteiger partial charge in [-0.25, -0.2) is 0 Å². The molecule has 0 aromatic heterocycles. The molecule has 0 saturated heterocycles. The van der Waals surface area contributed by atoms with Crippen LogP contribution < -0.4 is 10.6 Å². The number of halogens is 2. The average Bonchev–Trinajstić information content (AvgIpc) is 2.25. The van der Waals surface area contributed by atoms with E-state index in [0.717, 1.165) is 12.2 Å². The Kier molecular flexibility index (Phi) is 4.92.